The average Bonchev–Trinajstić information content (AvgIpc) is 3.39. The fraction of sp³-hybridized carbons (Fsp3) is 0.172. The molecule has 0 saturated carbocycles. The van der Waals surface area contributed by atoms with Crippen molar-refractivity contribution < 1.29 is 13.9 Å². The zero-order chi connectivity index (χ0) is 24.7. The number of carbonyl (C=O) groups excluding carboxylic acids is 1. The van der Waals surface area contributed by atoms with Crippen molar-refractivity contribution in [1.82, 2.24) is 4.98 Å². The predicted octanol–water partition coefficient (Wildman–Crippen LogP) is 7.69. The number of anilines is 1. The number of aryl methyl sites for hydroxylation is 3. The first-order valence-electron chi connectivity index (χ1n) is 11.4. The number of carbonyl (C=O) groups is 1. The summed E-state index contributed by atoms with van der Waals surface area (Å²) in [4.78, 5) is 17.4. The zero-order valence-electron chi connectivity index (χ0n) is 20.4. The Hall–Kier alpha value is -3.90. The van der Waals surface area contributed by atoms with Crippen molar-refractivity contribution in [2.45, 2.75) is 27.7 Å². The minimum atomic E-state index is -0.210. The van der Waals surface area contributed by atoms with Gasteiger partial charge in [0.15, 0.2) is 0 Å². The Bertz CT molecular complexity index is 1620. The van der Waals surface area contributed by atoms with Crippen LogP contribution in [0.1, 0.15) is 28.6 Å². The zero-order valence-corrected chi connectivity index (χ0v) is 21.2. The summed E-state index contributed by atoms with van der Waals surface area (Å²) in [5, 5.41) is 4.93. The lowest BCUT2D eigenvalue weighted by Crippen LogP contribution is -2.08. The SMILES string of the molecule is COc1cc2occ(-c3ccc(C)cc3C)c2cc1/C(C)=C/C(=O)Nc1ccc2sc(C)nc2c1. The molecule has 5 nitrogen and oxygen atoms in total. The summed E-state index contributed by atoms with van der Waals surface area (Å²) >= 11 is 1.64. The molecule has 3 aromatic carbocycles. The van der Waals surface area contributed by atoms with Crippen LogP contribution in [0.25, 0.3) is 37.9 Å². The second kappa shape index (κ2) is 9.04. The first kappa shape index (κ1) is 22.9. The van der Waals surface area contributed by atoms with E-state index in [1.807, 2.05) is 44.2 Å². The third kappa shape index (κ3) is 4.45. The van der Waals surface area contributed by atoms with Crippen molar-refractivity contribution in [3.8, 4) is 16.9 Å². The molecule has 0 atom stereocenters. The van der Waals surface area contributed by atoms with Crippen LogP contribution in [-0.2, 0) is 4.79 Å². The number of rotatable bonds is 5. The molecule has 0 spiro atoms. The lowest BCUT2D eigenvalue weighted by Gasteiger charge is -2.11. The standard InChI is InChI=1S/C29H26N2O3S/c1-16-6-8-21(17(2)10-16)24-15-34-27-14-26(33-5)22(13-23(24)27)18(3)11-29(32)31-20-7-9-28-25(12-20)30-19(4)35-28/h6-15H,1-5H3,(H,31,32)/b18-11+. The number of aromatic nitrogens is 1. The maximum Gasteiger partial charge on any atom is 0.248 e. The highest BCUT2D eigenvalue weighted by Gasteiger charge is 2.16. The van der Waals surface area contributed by atoms with Crippen molar-refractivity contribution in [3.05, 3.63) is 82.6 Å². The molecule has 0 aliphatic rings. The van der Waals surface area contributed by atoms with Crippen LogP contribution in [0.4, 0.5) is 5.69 Å². The first-order chi connectivity index (χ1) is 16.8. The Morgan fingerprint density at radius 3 is 2.66 bits per heavy atom. The summed E-state index contributed by atoms with van der Waals surface area (Å²) in [7, 11) is 1.62. The predicted molar refractivity (Wildman–Crippen MR) is 144 cm³/mol. The van der Waals surface area contributed by atoms with Crippen molar-refractivity contribution in [3.63, 3.8) is 0 Å². The van der Waals surface area contributed by atoms with E-state index in [2.05, 4.69) is 42.3 Å². The van der Waals surface area contributed by atoms with Gasteiger partial charge in [-0.3, -0.25) is 4.79 Å². The van der Waals surface area contributed by atoms with Gasteiger partial charge in [0.05, 0.1) is 28.6 Å². The summed E-state index contributed by atoms with van der Waals surface area (Å²) in [6.45, 7) is 8.08. The van der Waals surface area contributed by atoms with E-state index in [0.29, 0.717) is 11.4 Å². The van der Waals surface area contributed by atoms with Gasteiger partial charge in [-0.15, -0.1) is 11.3 Å². The first-order valence-corrected chi connectivity index (χ1v) is 12.2. The maximum atomic E-state index is 12.9. The molecule has 0 aliphatic carbocycles. The minimum Gasteiger partial charge on any atom is -0.496 e. The molecule has 0 aliphatic heterocycles. The molecule has 176 valence electrons. The van der Waals surface area contributed by atoms with E-state index in [0.717, 1.165) is 48.5 Å². The Kier molecular flexibility index (Phi) is 5.91. The van der Waals surface area contributed by atoms with Gasteiger partial charge in [0, 0.05) is 34.3 Å². The molecule has 2 aromatic heterocycles. The molecule has 0 unspecified atom stereocenters. The Balaban J connectivity index is 1.49. The number of benzene rings is 3. The van der Waals surface area contributed by atoms with E-state index in [4.69, 9.17) is 9.15 Å². The van der Waals surface area contributed by atoms with Crippen LogP contribution >= 0.6 is 11.3 Å². The molecule has 5 rings (SSSR count). The normalized spacial score (nSPS) is 11.9. The van der Waals surface area contributed by atoms with Crippen LogP contribution in [0.3, 0.4) is 0 Å². The van der Waals surface area contributed by atoms with Crippen molar-refractivity contribution >= 4 is 49.7 Å². The topological polar surface area (TPSA) is 64.4 Å². The highest BCUT2D eigenvalue weighted by atomic mass is 32.1. The van der Waals surface area contributed by atoms with Gasteiger partial charge in [-0.1, -0.05) is 23.8 Å². The monoisotopic (exact) mass is 482 g/mol. The molecular weight excluding hydrogens is 456 g/mol. The highest BCUT2D eigenvalue weighted by Crippen LogP contribution is 2.38. The average molecular weight is 483 g/mol. The number of fused-ring (bicyclic) bond motifs is 2. The van der Waals surface area contributed by atoms with Crippen LogP contribution in [0.15, 0.2) is 65.3 Å². The van der Waals surface area contributed by atoms with E-state index < -0.39 is 0 Å². The number of amides is 1. The molecule has 5 aromatic rings. The number of ether oxygens (including phenoxy) is 1. The van der Waals surface area contributed by atoms with Gasteiger partial charge in [0.25, 0.3) is 0 Å². The van der Waals surface area contributed by atoms with Gasteiger partial charge in [0.1, 0.15) is 11.3 Å². The molecule has 6 heteroatoms. The lowest BCUT2D eigenvalue weighted by atomic mass is 9.96. The van der Waals surface area contributed by atoms with Crippen LogP contribution in [0.5, 0.6) is 5.75 Å². The van der Waals surface area contributed by atoms with E-state index in [1.165, 1.54) is 11.1 Å². The number of thiazole rings is 1. The Morgan fingerprint density at radius 2 is 1.89 bits per heavy atom. The van der Waals surface area contributed by atoms with Gasteiger partial charge in [-0.05, 0) is 68.7 Å². The number of nitrogens with zero attached hydrogens (tertiary/aromatic N) is 1. The summed E-state index contributed by atoms with van der Waals surface area (Å²) < 4.78 is 12.6. The highest BCUT2D eigenvalue weighted by molar-refractivity contribution is 7.18. The van der Waals surface area contributed by atoms with Crippen LogP contribution in [0.2, 0.25) is 0 Å². The number of nitrogens with one attached hydrogen (secondary N) is 1. The number of hydrogen-bond acceptors (Lipinski definition) is 5. The molecule has 0 fully saturated rings. The van der Waals surface area contributed by atoms with E-state index >= 15 is 0 Å². The molecule has 0 saturated heterocycles. The maximum absolute atomic E-state index is 12.9. The molecule has 0 radical (unpaired) electrons. The Labute approximate surface area is 208 Å². The lowest BCUT2D eigenvalue weighted by molar-refractivity contribution is -0.111. The minimum absolute atomic E-state index is 0.210. The van der Waals surface area contributed by atoms with Crippen LogP contribution < -0.4 is 10.1 Å². The second-order valence-corrected chi connectivity index (χ2v) is 9.98. The van der Waals surface area contributed by atoms with Gasteiger partial charge >= 0.3 is 0 Å². The van der Waals surface area contributed by atoms with Crippen LogP contribution in [0, 0.1) is 20.8 Å². The van der Waals surface area contributed by atoms with Gasteiger partial charge in [-0.2, -0.15) is 0 Å². The quantitative estimate of drug-likeness (QED) is 0.261. The Morgan fingerprint density at radius 1 is 1.06 bits per heavy atom. The van der Waals surface area contributed by atoms with Gasteiger partial charge in [-0.25, -0.2) is 4.98 Å². The number of furan rings is 1. The molecule has 35 heavy (non-hydrogen) atoms. The van der Waals surface area contributed by atoms with Crippen molar-refractivity contribution in [1.29, 1.82) is 0 Å². The smallest absolute Gasteiger partial charge is 0.248 e. The fourth-order valence-electron chi connectivity index (χ4n) is 4.43. The molecule has 0 bridgehead atoms. The van der Waals surface area contributed by atoms with Crippen molar-refractivity contribution in [2.75, 3.05) is 12.4 Å². The van der Waals surface area contributed by atoms with E-state index in [-0.39, 0.29) is 5.91 Å². The third-order valence-corrected chi connectivity index (χ3v) is 7.05. The van der Waals surface area contributed by atoms with Gasteiger partial charge < -0.3 is 14.5 Å². The fourth-order valence-corrected chi connectivity index (χ4v) is 5.24. The second-order valence-electron chi connectivity index (χ2n) is 8.75. The summed E-state index contributed by atoms with van der Waals surface area (Å²) in [6, 6.07) is 16.1. The summed E-state index contributed by atoms with van der Waals surface area (Å²) in [6.07, 6.45) is 3.38. The van der Waals surface area contributed by atoms with E-state index in [9.17, 15) is 4.79 Å². The summed E-state index contributed by atoms with van der Waals surface area (Å²) in [5.41, 5.74) is 8.52. The molecule has 2 heterocycles. The number of methoxy groups -OCH3 is 1. The van der Waals surface area contributed by atoms with Crippen molar-refractivity contribution in [2.24, 2.45) is 0 Å². The summed E-state index contributed by atoms with van der Waals surface area (Å²) in [5.74, 6) is 0.442. The third-order valence-electron chi connectivity index (χ3n) is 6.10. The number of hydrogen-bond donors (Lipinski definition) is 1. The van der Waals surface area contributed by atoms with Crippen LogP contribution in [-0.4, -0.2) is 18.0 Å². The molecule has 1 N–H and O–H groups in total. The largest absolute Gasteiger partial charge is 0.496 e. The van der Waals surface area contributed by atoms with Gasteiger partial charge in [0.2, 0.25) is 5.91 Å². The van der Waals surface area contributed by atoms with E-state index in [1.54, 1.807) is 30.8 Å². The number of allylic oxidation sites excluding steroid dienone is 1. The molecule has 1 amide bonds. The molecular formula is C29H26N2O3S.